The molecule has 0 aliphatic rings. The van der Waals surface area contributed by atoms with Gasteiger partial charge in [-0.1, -0.05) is 0 Å². The van der Waals surface area contributed by atoms with E-state index in [2.05, 4.69) is 0 Å². The van der Waals surface area contributed by atoms with Crippen molar-refractivity contribution in [2.75, 3.05) is 13.7 Å². The number of benzene rings is 1. The molecule has 0 atom stereocenters. The predicted octanol–water partition coefficient (Wildman–Crippen LogP) is 1.98. The molecular formula is C12H15FN2O4. The Labute approximate surface area is 109 Å². The lowest BCUT2D eigenvalue weighted by molar-refractivity contribution is -0.387. The van der Waals surface area contributed by atoms with Crippen LogP contribution in [0.25, 0.3) is 0 Å². The van der Waals surface area contributed by atoms with E-state index in [1.54, 1.807) is 7.05 Å². The summed E-state index contributed by atoms with van der Waals surface area (Å²) in [5, 5.41) is 10.4. The van der Waals surface area contributed by atoms with Crippen LogP contribution in [0.2, 0.25) is 0 Å². The van der Waals surface area contributed by atoms with Gasteiger partial charge in [0.05, 0.1) is 4.92 Å². The molecule has 0 unspecified atom stereocenters. The molecule has 0 aliphatic heterocycles. The second-order valence-corrected chi connectivity index (χ2v) is 4.26. The number of rotatable bonds is 5. The van der Waals surface area contributed by atoms with E-state index in [9.17, 15) is 19.3 Å². The number of nitro benzene ring substituents is 1. The van der Waals surface area contributed by atoms with Crippen LogP contribution < -0.4 is 4.74 Å². The maximum Gasteiger partial charge on any atom is 0.305 e. The van der Waals surface area contributed by atoms with Crippen LogP contribution >= 0.6 is 0 Å². The lowest BCUT2D eigenvalue weighted by Gasteiger charge is -2.21. The van der Waals surface area contributed by atoms with Crippen LogP contribution in [0, 0.1) is 15.9 Å². The molecule has 0 saturated heterocycles. The summed E-state index contributed by atoms with van der Waals surface area (Å²) in [6.45, 7) is 3.46. The molecule has 1 aromatic rings. The maximum absolute atomic E-state index is 13.3. The third-order valence-corrected chi connectivity index (χ3v) is 2.65. The lowest BCUT2D eigenvalue weighted by Crippen LogP contribution is -2.36. The standard InChI is InChI=1S/C12H15FN2O4/c1-8(2)14(3)12(16)7-19-9-4-5-11(15(17)18)10(13)6-9/h4-6,8H,7H2,1-3H3. The summed E-state index contributed by atoms with van der Waals surface area (Å²) in [7, 11) is 1.63. The van der Waals surface area contributed by atoms with E-state index in [1.807, 2.05) is 13.8 Å². The Morgan fingerprint density at radius 1 is 1.53 bits per heavy atom. The van der Waals surface area contributed by atoms with Gasteiger partial charge in [0.2, 0.25) is 5.82 Å². The number of nitro groups is 1. The van der Waals surface area contributed by atoms with Gasteiger partial charge in [-0.25, -0.2) is 0 Å². The molecule has 0 aliphatic carbocycles. The number of carbonyl (C=O) groups is 1. The quantitative estimate of drug-likeness (QED) is 0.605. The number of hydrogen-bond acceptors (Lipinski definition) is 4. The summed E-state index contributed by atoms with van der Waals surface area (Å²) >= 11 is 0. The molecule has 0 spiro atoms. The molecular weight excluding hydrogens is 255 g/mol. The van der Waals surface area contributed by atoms with Gasteiger partial charge in [-0.15, -0.1) is 0 Å². The molecule has 104 valence electrons. The van der Waals surface area contributed by atoms with Crippen LogP contribution in [0.1, 0.15) is 13.8 Å². The maximum atomic E-state index is 13.3. The second-order valence-electron chi connectivity index (χ2n) is 4.26. The predicted molar refractivity (Wildman–Crippen MR) is 66.5 cm³/mol. The lowest BCUT2D eigenvalue weighted by atomic mass is 10.3. The molecule has 0 N–H and O–H groups in total. The zero-order valence-corrected chi connectivity index (χ0v) is 10.9. The first-order valence-corrected chi connectivity index (χ1v) is 5.65. The van der Waals surface area contributed by atoms with Crippen molar-refractivity contribution in [3.63, 3.8) is 0 Å². The van der Waals surface area contributed by atoms with E-state index in [-0.39, 0.29) is 24.3 Å². The van der Waals surface area contributed by atoms with E-state index < -0.39 is 16.4 Å². The summed E-state index contributed by atoms with van der Waals surface area (Å²) in [5.41, 5.74) is -0.627. The van der Waals surface area contributed by atoms with Crippen molar-refractivity contribution in [1.29, 1.82) is 0 Å². The van der Waals surface area contributed by atoms with Crippen LogP contribution in [-0.2, 0) is 4.79 Å². The van der Waals surface area contributed by atoms with Crippen LogP contribution in [0.5, 0.6) is 5.75 Å². The van der Waals surface area contributed by atoms with Gasteiger partial charge >= 0.3 is 5.69 Å². The Balaban J connectivity index is 2.67. The van der Waals surface area contributed by atoms with E-state index >= 15 is 0 Å². The zero-order chi connectivity index (χ0) is 14.6. The third-order valence-electron chi connectivity index (χ3n) is 2.65. The normalized spacial score (nSPS) is 10.4. The van der Waals surface area contributed by atoms with Crippen molar-refractivity contribution in [2.45, 2.75) is 19.9 Å². The van der Waals surface area contributed by atoms with Gasteiger partial charge in [-0.3, -0.25) is 14.9 Å². The van der Waals surface area contributed by atoms with E-state index in [1.165, 1.54) is 11.0 Å². The first-order chi connectivity index (χ1) is 8.82. The monoisotopic (exact) mass is 270 g/mol. The first kappa shape index (κ1) is 14.9. The molecule has 1 rings (SSSR count). The Kier molecular flexibility index (Phi) is 4.80. The van der Waals surface area contributed by atoms with Crippen molar-refractivity contribution in [3.05, 3.63) is 34.1 Å². The molecule has 1 amide bonds. The summed E-state index contributed by atoms with van der Waals surface area (Å²) in [4.78, 5) is 22.7. The van der Waals surface area contributed by atoms with E-state index in [0.717, 1.165) is 12.1 Å². The number of ether oxygens (including phenoxy) is 1. The molecule has 0 saturated carbocycles. The summed E-state index contributed by atoms with van der Waals surface area (Å²) in [6.07, 6.45) is 0. The Hall–Kier alpha value is -2.18. The molecule has 0 aromatic heterocycles. The largest absolute Gasteiger partial charge is 0.484 e. The van der Waals surface area contributed by atoms with Gasteiger partial charge in [0.15, 0.2) is 6.61 Å². The minimum atomic E-state index is -0.993. The molecule has 0 bridgehead atoms. The number of amides is 1. The van der Waals surface area contributed by atoms with Gasteiger partial charge in [-0.05, 0) is 19.9 Å². The minimum absolute atomic E-state index is 0.0321. The van der Waals surface area contributed by atoms with Crippen LogP contribution in [0.3, 0.4) is 0 Å². The van der Waals surface area contributed by atoms with Gasteiger partial charge in [0, 0.05) is 25.2 Å². The first-order valence-electron chi connectivity index (χ1n) is 5.65. The van der Waals surface area contributed by atoms with Crippen LogP contribution in [-0.4, -0.2) is 35.4 Å². The molecule has 0 heterocycles. The number of carbonyl (C=O) groups excluding carboxylic acids is 1. The number of nitrogens with zero attached hydrogens (tertiary/aromatic N) is 2. The van der Waals surface area contributed by atoms with Crippen molar-refractivity contribution >= 4 is 11.6 Å². The van der Waals surface area contributed by atoms with Crippen molar-refractivity contribution in [1.82, 2.24) is 4.90 Å². The minimum Gasteiger partial charge on any atom is -0.484 e. The SMILES string of the molecule is CC(C)N(C)C(=O)COc1ccc([N+](=O)[O-])c(F)c1. The summed E-state index contributed by atoms with van der Waals surface area (Å²) in [5.74, 6) is -1.17. The highest BCUT2D eigenvalue weighted by molar-refractivity contribution is 5.77. The topological polar surface area (TPSA) is 72.7 Å². The third kappa shape index (κ3) is 3.90. The van der Waals surface area contributed by atoms with Crippen LogP contribution in [0.4, 0.5) is 10.1 Å². The highest BCUT2D eigenvalue weighted by atomic mass is 19.1. The Bertz CT molecular complexity index is 491. The zero-order valence-electron chi connectivity index (χ0n) is 10.9. The molecule has 19 heavy (non-hydrogen) atoms. The average molecular weight is 270 g/mol. The Morgan fingerprint density at radius 2 is 2.16 bits per heavy atom. The second kappa shape index (κ2) is 6.12. The van der Waals surface area contributed by atoms with Gasteiger partial charge < -0.3 is 9.64 Å². The number of likely N-dealkylation sites (N-methyl/N-ethyl adjacent to an activating group) is 1. The molecule has 0 fully saturated rings. The van der Waals surface area contributed by atoms with Crippen molar-refractivity contribution in [3.8, 4) is 5.75 Å². The fraction of sp³-hybridized carbons (Fsp3) is 0.417. The highest BCUT2D eigenvalue weighted by Gasteiger charge is 2.16. The highest BCUT2D eigenvalue weighted by Crippen LogP contribution is 2.22. The van der Waals surface area contributed by atoms with Crippen molar-refractivity contribution in [2.24, 2.45) is 0 Å². The summed E-state index contributed by atoms with van der Waals surface area (Å²) < 4.78 is 18.4. The van der Waals surface area contributed by atoms with Crippen molar-refractivity contribution < 1.29 is 18.8 Å². The van der Waals surface area contributed by atoms with Gasteiger partial charge in [-0.2, -0.15) is 4.39 Å². The smallest absolute Gasteiger partial charge is 0.305 e. The molecule has 7 heteroatoms. The number of halogens is 1. The Morgan fingerprint density at radius 3 is 2.63 bits per heavy atom. The van der Waals surface area contributed by atoms with Crippen LogP contribution in [0.15, 0.2) is 18.2 Å². The van der Waals surface area contributed by atoms with E-state index in [0.29, 0.717) is 0 Å². The fourth-order valence-electron chi connectivity index (χ4n) is 1.26. The van der Waals surface area contributed by atoms with Gasteiger partial charge in [0.1, 0.15) is 5.75 Å². The summed E-state index contributed by atoms with van der Waals surface area (Å²) in [6, 6.07) is 3.18. The average Bonchev–Trinajstić information content (AvgIpc) is 2.34. The number of hydrogen-bond donors (Lipinski definition) is 0. The molecule has 6 nitrogen and oxygen atoms in total. The fourth-order valence-corrected chi connectivity index (χ4v) is 1.26. The molecule has 1 aromatic carbocycles. The van der Waals surface area contributed by atoms with Gasteiger partial charge in [0.25, 0.3) is 5.91 Å². The molecule has 0 radical (unpaired) electrons. The van der Waals surface area contributed by atoms with E-state index in [4.69, 9.17) is 4.74 Å².